The molecule has 3 atom stereocenters. The third-order valence-corrected chi connectivity index (χ3v) is 3.82. The van der Waals surface area contributed by atoms with Crippen LogP contribution in [-0.2, 0) is 9.53 Å². The van der Waals surface area contributed by atoms with E-state index in [-0.39, 0.29) is 11.8 Å². The fourth-order valence-electron chi connectivity index (χ4n) is 2.84. The number of unbranched alkanes of at least 4 members (excludes halogenated alkanes) is 1. The highest BCUT2D eigenvalue weighted by Crippen LogP contribution is 2.33. The highest BCUT2D eigenvalue weighted by atomic mass is 16.5. The lowest BCUT2D eigenvalue weighted by Gasteiger charge is -2.19. The van der Waals surface area contributed by atoms with Crippen molar-refractivity contribution in [2.24, 2.45) is 5.92 Å². The van der Waals surface area contributed by atoms with Crippen molar-refractivity contribution in [3.05, 3.63) is 0 Å². The van der Waals surface area contributed by atoms with Gasteiger partial charge in [-0.3, -0.25) is 4.79 Å². The summed E-state index contributed by atoms with van der Waals surface area (Å²) >= 11 is 0. The molecule has 17 heavy (non-hydrogen) atoms. The zero-order valence-electron chi connectivity index (χ0n) is 10.7. The van der Waals surface area contributed by atoms with Gasteiger partial charge in [0.15, 0.2) is 0 Å². The third-order valence-electron chi connectivity index (χ3n) is 3.82. The van der Waals surface area contributed by atoms with Crippen LogP contribution in [0.25, 0.3) is 0 Å². The Kier molecular flexibility index (Phi) is 4.80. The second-order valence-electron chi connectivity index (χ2n) is 5.15. The van der Waals surface area contributed by atoms with Crippen LogP contribution in [0, 0.1) is 5.92 Å². The van der Waals surface area contributed by atoms with Gasteiger partial charge in [0.25, 0.3) is 0 Å². The summed E-state index contributed by atoms with van der Waals surface area (Å²) in [6.45, 7) is 4.24. The van der Waals surface area contributed by atoms with Crippen molar-refractivity contribution >= 4 is 5.91 Å². The van der Waals surface area contributed by atoms with E-state index in [1.54, 1.807) is 0 Å². The maximum atomic E-state index is 11.9. The lowest BCUT2D eigenvalue weighted by Crippen LogP contribution is -2.38. The maximum absolute atomic E-state index is 11.9. The number of nitrogens with one attached hydrogen (secondary N) is 2. The number of rotatable bonds is 7. The van der Waals surface area contributed by atoms with Crippen LogP contribution in [0.15, 0.2) is 0 Å². The summed E-state index contributed by atoms with van der Waals surface area (Å²) in [5.41, 5.74) is 0. The second kappa shape index (κ2) is 6.36. The maximum Gasteiger partial charge on any atom is 0.224 e. The Hall–Kier alpha value is -0.610. The Morgan fingerprint density at radius 3 is 2.94 bits per heavy atom. The van der Waals surface area contributed by atoms with E-state index in [0.29, 0.717) is 25.2 Å². The molecule has 0 aromatic heterocycles. The normalized spacial score (nSPS) is 30.8. The summed E-state index contributed by atoms with van der Waals surface area (Å²) in [6, 6.07) is 1.03. The molecular weight excluding hydrogens is 216 g/mol. The van der Waals surface area contributed by atoms with Gasteiger partial charge >= 0.3 is 0 Å². The van der Waals surface area contributed by atoms with Crippen molar-refractivity contribution in [1.29, 1.82) is 0 Å². The number of hydrogen-bond acceptors (Lipinski definition) is 3. The Labute approximate surface area is 103 Å². The van der Waals surface area contributed by atoms with Crippen molar-refractivity contribution < 1.29 is 9.53 Å². The molecular formula is C13H24N2O2. The molecule has 2 aliphatic rings. The largest absolute Gasteiger partial charge is 0.380 e. The van der Waals surface area contributed by atoms with Crippen LogP contribution in [0.3, 0.4) is 0 Å². The highest BCUT2D eigenvalue weighted by Gasteiger charge is 2.42. The molecule has 0 aromatic rings. The number of carbonyl (C=O) groups is 1. The first-order valence-corrected chi connectivity index (χ1v) is 6.92. The van der Waals surface area contributed by atoms with Gasteiger partial charge < -0.3 is 15.4 Å². The zero-order valence-corrected chi connectivity index (χ0v) is 10.7. The summed E-state index contributed by atoms with van der Waals surface area (Å²) in [5, 5.41) is 6.47. The van der Waals surface area contributed by atoms with Crippen LogP contribution in [0.1, 0.15) is 39.0 Å². The van der Waals surface area contributed by atoms with Crippen LogP contribution in [0.2, 0.25) is 0 Å². The van der Waals surface area contributed by atoms with Gasteiger partial charge in [-0.25, -0.2) is 0 Å². The lowest BCUT2D eigenvalue weighted by molar-refractivity contribution is -0.125. The van der Waals surface area contributed by atoms with Gasteiger partial charge in [0.05, 0.1) is 12.5 Å². The summed E-state index contributed by atoms with van der Waals surface area (Å²) in [5.74, 6) is 0.410. The average molecular weight is 240 g/mol. The van der Waals surface area contributed by atoms with Gasteiger partial charge in [0.2, 0.25) is 5.91 Å². The van der Waals surface area contributed by atoms with Crippen molar-refractivity contribution in [1.82, 2.24) is 10.6 Å². The van der Waals surface area contributed by atoms with Gasteiger partial charge in [0, 0.05) is 25.2 Å². The Morgan fingerprint density at radius 2 is 2.29 bits per heavy atom. The van der Waals surface area contributed by atoms with Crippen LogP contribution < -0.4 is 10.6 Å². The monoisotopic (exact) mass is 240 g/mol. The van der Waals surface area contributed by atoms with Crippen molar-refractivity contribution in [3.8, 4) is 0 Å². The first-order valence-electron chi connectivity index (χ1n) is 6.92. The molecule has 98 valence electrons. The molecule has 0 aromatic carbocycles. The number of ether oxygens (including phenoxy) is 1. The minimum absolute atomic E-state index is 0.199. The first kappa shape index (κ1) is 12.8. The first-order chi connectivity index (χ1) is 8.31. The number of fused-ring (bicyclic) bond motifs is 2. The summed E-state index contributed by atoms with van der Waals surface area (Å²) in [4.78, 5) is 11.9. The molecule has 2 N–H and O–H groups in total. The number of carbonyl (C=O) groups excluding carboxylic acids is 1. The summed E-state index contributed by atoms with van der Waals surface area (Å²) < 4.78 is 5.42. The minimum Gasteiger partial charge on any atom is -0.380 e. The molecule has 0 aliphatic carbocycles. The second-order valence-corrected chi connectivity index (χ2v) is 5.15. The lowest BCUT2D eigenvalue weighted by atomic mass is 9.88. The topological polar surface area (TPSA) is 50.4 Å². The zero-order chi connectivity index (χ0) is 12.1. The van der Waals surface area contributed by atoms with E-state index < -0.39 is 0 Å². The molecule has 2 fully saturated rings. The van der Waals surface area contributed by atoms with Crippen molar-refractivity contribution in [2.75, 3.05) is 19.8 Å². The molecule has 1 amide bonds. The highest BCUT2D eigenvalue weighted by molar-refractivity contribution is 5.80. The molecule has 2 aliphatic heterocycles. The molecule has 2 saturated heterocycles. The molecule has 4 nitrogen and oxygen atoms in total. The van der Waals surface area contributed by atoms with E-state index in [1.165, 1.54) is 6.42 Å². The molecule has 2 heterocycles. The molecule has 3 unspecified atom stereocenters. The predicted octanol–water partition coefficient (Wildman–Crippen LogP) is 1.06. The van der Waals surface area contributed by atoms with Gasteiger partial charge in [-0.05, 0) is 25.7 Å². The van der Waals surface area contributed by atoms with Gasteiger partial charge in [-0.15, -0.1) is 0 Å². The minimum atomic E-state index is 0.199. The molecule has 2 bridgehead atoms. The van der Waals surface area contributed by atoms with E-state index in [9.17, 15) is 4.79 Å². The quantitative estimate of drug-likeness (QED) is 0.654. The molecule has 2 rings (SSSR count). The SMILES string of the molecule is CCCCOCCNC(=O)C1CC2CCC1N2. The third kappa shape index (κ3) is 3.42. The van der Waals surface area contributed by atoms with E-state index >= 15 is 0 Å². The van der Waals surface area contributed by atoms with E-state index in [4.69, 9.17) is 4.74 Å². The molecule has 0 spiro atoms. The summed E-state index contributed by atoms with van der Waals surface area (Å²) in [6.07, 6.45) is 5.69. The van der Waals surface area contributed by atoms with Gasteiger partial charge in [-0.1, -0.05) is 13.3 Å². The van der Waals surface area contributed by atoms with Crippen LogP contribution in [0.4, 0.5) is 0 Å². The average Bonchev–Trinajstić information content (AvgIpc) is 2.95. The van der Waals surface area contributed by atoms with E-state index in [1.807, 2.05) is 0 Å². The summed E-state index contributed by atoms with van der Waals surface area (Å²) in [7, 11) is 0. The van der Waals surface area contributed by atoms with E-state index in [0.717, 1.165) is 32.3 Å². The Bertz CT molecular complexity index is 258. The van der Waals surface area contributed by atoms with E-state index in [2.05, 4.69) is 17.6 Å². The molecule has 4 heteroatoms. The van der Waals surface area contributed by atoms with Crippen molar-refractivity contribution in [3.63, 3.8) is 0 Å². The van der Waals surface area contributed by atoms with Crippen molar-refractivity contribution in [2.45, 2.75) is 51.1 Å². The smallest absolute Gasteiger partial charge is 0.224 e. The van der Waals surface area contributed by atoms with Gasteiger partial charge in [0.1, 0.15) is 0 Å². The fraction of sp³-hybridized carbons (Fsp3) is 0.923. The Morgan fingerprint density at radius 1 is 1.41 bits per heavy atom. The van der Waals surface area contributed by atoms with Crippen LogP contribution in [-0.4, -0.2) is 37.7 Å². The molecule has 0 saturated carbocycles. The predicted molar refractivity (Wildman–Crippen MR) is 66.8 cm³/mol. The standard InChI is InChI=1S/C13H24N2O2/c1-2-3-7-17-8-6-14-13(16)11-9-10-4-5-12(11)15-10/h10-12,15H,2-9H2,1H3,(H,14,16). The Balaban J connectivity index is 1.55. The molecule has 0 radical (unpaired) electrons. The van der Waals surface area contributed by atoms with Crippen LogP contribution in [0.5, 0.6) is 0 Å². The number of hydrogen-bond donors (Lipinski definition) is 2. The number of amides is 1. The fourth-order valence-corrected chi connectivity index (χ4v) is 2.84. The van der Waals surface area contributed by atoms with Gasteiger partial charge in [-0.2, -0.15) is 0 Å². The van der Waals surface area contributed by atoms with Crippen LogP contribution >= 0.6 is 0 Å².